The number of aliphatic hydroxyl groups excluding tert-OH is 1. The molecule has 0 aliphatic heterocycles. The van der Waals surface area contributed by atoms with Crippen LogP contribution < -0.4 is 0 Å². The fraction of sp³-hybridized carbons (Fsp3) is 0.600. The van der Waals surface area contributed by atoms with Gasteiger partial charge in [-0.05, 0) is 35.8 Å². The zero-order valence-corrected chi connectivity index (χ0v) is 11.0. The third-order valence-electron chi connectivity index (χ3n) is 3.03. The molecule has 0 radical (unpaired) electrons. The van der Waals surface area contributed by atoms with Crippen molar-refractivity contribution in [2.75, 3.05) is 0 Å². The molecule has 1 N–H and O–H groups in total. The van der Waals surface area contributed by atoms with Gasteiger partial charge in [-0.2, -0.15) is 0 Å². The molecule has 1 atom stereocenters. The monoisotopic (exact) mass is 220 g/mol. The Morgan fingerprint density at radius 1 is 1.25 bits per heavy atom. The van der Waals surface area contributed by atoms with E-state index in [1.807, 2.05) is 6.92 Å². The first kappa shape index (κ1) is 13.2. The summed E-state index contributed by atoms with van der Waals surface area (Å²) in [6.45, 7) is 8.71. The third kappa shape index (κ3) is 3.97. The SMILES string of the molecule is CCC(O)CCc1cccc(C(C)(C)C)c1. The van der Waals surface area contributed by atoms with Gasteiger partial charge in [0.05, 0.1) is 6.10 Å². The van der Waals surface area contributed by atoms with Crippen LogP contribution in [0.2, 0.25) is 0 Å². The summed E-state index contributed by atoms with van der Waals surface area (Å²) in [6, 6.07) is 8.72. The van der Waals surface area contributed by atoms with Gasteiger partial charge in [-0.1, -0.05) is 52.0 Å². The van der Waals surface area contributed by atoms with E-state index in [4.69, 9.17) is 0 Å². The summed E-state index contributed by atoms with van der Waals surface area (Å²) < 4.78 is 0. The molecule has 0 amide bonds. The Balaban J connectivity index is 2.68. The van der Waals surface area contributed by atoms with Crippen LogP contribution in [0, 0.1) is 0 Å². The van der Waals surface area contributed by atoms with Gasteiger partial charge in [0.25, 0.3) is 0 Å². The van der Waals surface area contributed by atoms with Crippen LogP contribution in [0.3, 0.4) is 0 Å². The normalized spacial score (nSPS) is 13.8. The van der Waals surface area contributed by atoms with Crippen molar-refractivity contribution in [2.45, 2.75) is 58.5 Å². The molecule has 16 heavy (non-hydrogen) atoms. The fourth-order valence-corrected chi connectivity index (χ4v) is 1.73. The van der Waals surface area contributed by atoms with Gasteiger partial charge in [0, 0.05) is 0 Å². The van der Waals surface area contributed by atoms with Crippen molar-refractivity contribution in [1.82, 2.24) is 0 Å². The summed E-state index contributed by atoms with van der Waals surface area (Å²) in [5.41, 5.74) is 2.91. The van der Waals surface area contributed by atoms with Gasteiger partial charge in [0.2, 0.25) is 0 Å². The maximum Gasteiger partial charge on any atom is 0.0540 e. The highest BCUT2D eigenvalue weighted by Crippen LogP contribution is 2.23. The lowest BCUT2D eigenvalue weighted by atomic mass is 9.86. The number of aryl methyl sites for hydroxylation is 1. The van der Waals surface area contributed by atoms with Gasteiger partial charge in [0.15, 0.2) is 0 Å². The summed E-state index contributed by atoms with van der Waals surface area (Å²) in [7, 11) is 0. The van der Waals surface area contributed by atoms with Gasteiger partial charge in [0.1, 0.15) is 0 Å². The van der Waals surface area contributed by atoms with Crippen LogP contribution in [0.4, 0.5) is 0 Å². The van der Waals surface area contributed by atoms with E-state index in [0.29, 0.717) is 0 Å². The Kier molecular flexibility index (Phi) is 4.55. The molecule has 90 valence electrons. The highest BCUT2D eigenvalue weighted by molar-refractivity contribution is 5.28. The molecule has 0 saturated carbocycles. The lowest BCUT2D eigenvalue weighted by Crippen LogP contribution is -2.11. The van der Waals surface area contributed by atoms with Crippen molar-refractivity contribution in [1.29, 1.82) is 0 Å². The minimum atomic E-state index is -0.154. The molecule has 1 unspecified atom stereocenters. The minimum absolute atomic E-state index is 0.154. The van der Waals surface area contributed by atoms with E-state index in [-0.39, 0.29) is 11.5 Å². The van der Waals surface area contributed by atoms with E-state index >= 15 is 0 Å². The molecule has 0 aliphatic rings. The van der Waals surface area contributed by atoms with Crippen LogP contribution in [0.25, 0.3) is 0 Å². The Morgan fingerprint density at radius 3 is 2.50 bits per heavy atom. The first-order valence-electron chi connectivity index (χ1n) is 6.21. The first-order chi connectivity index (χ1) is 7.43. The molecular formula is C15H24O. The summed E-state index contributed by atoms with van der Waals surface area (Å²) >= 11 is 0. The van der Waals surface area contributed by atoms with Crippen LogP contribution in [-0.4, -0.2) is 11.2 Å². The third-order valence-corrected chi connectivity index (χ3v) is 3.03. The highest BCUT2D eigenvalue weighted by Gasteiger charge is 2.13. The Labute approximate surface area is 99.5 Å². The number of rotatable bonds is 4. The molecule has 1 heteroatoms. The standard InChI is InChI=1S/C15H24O/c1-5-14(16)10-9-12-7-6-8-13(11-12)15(2,3)4/h6-8,11,14,16H,5,9-10H2,1-4H3. The van der Waals surface area contributed by atoms with Gasteiger partial charge >= 0.3 is 0 Å². The largest absolute Gasteiger partial charge is 0.393 e. The molecule has 0 saturated heterocycles. The van der Waals surface area contributed by atoms with Gasteiger partial charge in [-0.3, -0.25) is 0 Å². The van der Waals surface area contributed by atoms with Gasteiger partial charge in [-0.15, -0.1) is 0 Å². The van der Waals surface area contributed by atoms with E-state index in [9.17, 15) is 5.11 Å². The van der Waals surface area contributed by atoms with E-state index in [1.54, 1.807) is 0 Å². The van der Waals surface area contributed by atoms with Crippen molar-refractivity contribution < 1.29 is 5.11 Å². The molecule has 0 spiro atoms. The molecule has 0 aromatic heterocycles. The van der Waals surface area contributed by atoms with Gasteiger partial charge < -0.3 is 5.11 Å². The average molecular weight is 220 g/mol. The summed E-state index contributed by atoms with van der Waals surface area (Å²) in [4.78, 5) is 0. The van der Waals surface area contributed by atoms with Crippen molar-refractivity contribution in [3.8, 4) is 0 Å². The number of aliphatic hydroxyl groups is 1. The molecule has 0 aliphatic carbocycles. The quantitative estimate of drug-likeness (QED) is 0.820. The zero-order valence-electron chi connectivity index (χ0n) is 11.0. The molecule has 1 aromatic carbocycles. The van der Waals surface area contributed by atoms with Crippen molar-refractivity contribution >= 4 is 0 Å². The molecule has 1 nitrogen and oxygen atoms in total. The topological polar surface area (TPSA) is 20.2 Å². The lowest BCUT2D eigenvalue weighted by molar-refractivity contribution is 0.160. The van der Waals surface area contributed by atoms with E-state index in [1.165, 1.54) is 11.1 Å². The zero-order chi connectivity index (χ0) is 12.2. The van der Waals surface area contributed by atoms with Crippen molar-refractivity contribution in [3.05, 3.63) is 35.4 Å². The molecule has 0 bridgehead atoms. The predicted octanol–water partition coefficient (Wildman–Crippen LogP) is 3.69. The summed E-state index contributed by atoms with van der Waals surface area (Å²) in [5, 5.41) is 9.55. The minimum Gasteiger partial charge on any atom is -0.393 e. The highest BCUT2D eigenvalue weighted by atomic mass is 16.3. The fourth-order valence-electron chi connectivity index (χ4n) is 1.73. The molecule has 0 heterocycles. The second kappa shape index (κ2) is 5.49. The molecular weight excluding hydrogens is 196 g/mol. The van der Waals surface area contributed by atoms with Crippen LogP contribution >= 0.6 is 0 Å². The Hall–Kier alpha value is -0.820. The first-order valence-corrected chi connectivity index (χ1v) is 6.21. The smallest absolute Gasteiger partial charge is 0.0540 e. The number of hydrogen-bond acceptors (Lipinski definition) is 1. The number of hydrogen-bond donors (Lipinski definition) is 1. The molecule has 1 rings (SSSR count). The summed E-state index contributed by atoms with van der Waals surface area (Å²) in [6.07, 6.45) is 2.53. The lowest BCUT2D eigenvalue weighted by Gasteiger charge is -2.20. The van der Waals surface area contributed by atoms with Crippen molar-refractivity contribution in [3.63, 3.8) is 0 Å². The molecule has 1 aromatic rings. The van der Waals surface area contributed by atoms with Crippen LogP contribution in [0.15, 0.2) is 24.3 Å². The predicted molar refractivity (Wildman–Crippen MR) is 69.8 cm³/mol. The maximum absolute atomic E-state index is 9.55. The molecule has 0 fully saturated rings. The second-order valence-electron chi connectivity index (χ2n) is 5.55. The van der Waals surface area contributed by atoms with E-state index in [2.05, 4.69) is 45.0 Å². The van der Waals surface area contributed by atoms with E-state index in [0.717, 1.165) is 19.3 Å². The average Bonchev–Trinajstić information content (AvgIpc) is 2.25. The summed E-state index contributed by atoms with van der Waals surface area (Å²) in [5.74, 6) is 0. The van der Waals surface area contributed by atoms with Crippen LogP contribution in [-0.2, 0) is 11.8 Å². The van der Waals surface area contributed by atoms with Crippen LogP contribution in [0.1, 0.15) is 51.7 Å². The van der Waals surface area contributed by atoms with Crippen molar-refractivity contribution in [2.24, 2.45) is 0 Å². The Morgan fingerprint density at radius 2 is 1.94 bits per heavy atom. The maximum atomic E-state index is 9.55. The van der Waals surface area contributed by atoms with Crippen LogP contribution in [0.5, 0.6) is 0 Å². The van der Waals surface area contributed by atoms with Gasteiger partial charge in [-0.25, -0.2) is 0 Å². The Bertz CT molecular complexity index is 322. The van der Waals surface area contributed by atoms with E-state index < -0.39 is 0 Å². The number of benzene rings is 1. The second-order valence-corrected chi connectivity index (χ2v) is 5.55.